The van der Waals surface area contributed by atoms with Crippen molar-refractivity contribution in [3.8, 4) is 0 Å². The lowest BCUT2D eigenvalue weighted by Crippen LogP contribution is -2.36. The average molecular weight is 306 g/mol. The predicted octanol–water partition coefficient (Wildman–Crippen LogP) is 3.58. The summed E-state index contributed by atoms with van der Waals surface area (Å²) in [6.45, 7) is 0.807. The largest absolute Gasteiger partial charge is 0.312 e. The number of hydrogen-bond acceptors (Lipinski definition) is 2. The number of carbonyl (C=O) groups is 2. The summed E-state index contributed by atoms with van der Waals surface area (Å²) in [4.78, 5) is 26.3. The highest BCUT2D eigenvalue weighted by molar-refractivity contribution is 6.18. The number of fused-ring (bicyclic) bond motifs is 1. The zero-order chi connectivity index (χ0) is 14.8. The summed E-state index contributed by atoms with van der Waals surface area (Å²) in [5, 5.41) is 0. The highest BCUT2D eigenvalue weighted by atomic mass is 35.5. The first-order chi connectivity index (χ1) is 10.2. The Morgan fingerprint density at radius 1 is 1.29 bits per heavy atom. The van der Waals surface area contributed by atoms with Crippen LogP contribution in [0.1, 0.15) is 48.0 Å². The number of anilines is 1. The van der Waals surface area contributed by atoms with E-state index in [0.717, 1.165) is 49.0 Å². The van der Waals surface area contributed by atoms with Gasteiger partial charge in [-0.2, -0.15) is 0 Å². The summed E-state index contributed by atoms with van der Waals surface area (Å²) < 4.78 is 0. The van der Waals surface area contributed by atoms with E-state index in [1.165, 1.54) is 0 Å². The van der Waals surface area contributed by atoms with Crippen LogP contribution in [0, 0.1) is 5.92 Å². The molecule has 0 unspecified atom stereocenters. The second kappa shape index (κ2) is 6.18. The van der Waals surface area contributed by atoms with Crippen LogP contribution in [-0.2, 0) is 11.2 Å². The molecule has 1 saturated carbocycles. The second-order valence-electron chi connectivity index (χ2n) is 5.93. The Labute approximate surface area is 130 Å². The quantitative estimate of drug-likeness (QED) is 0.616. The van der Waals surface area contributed by atoms with Gasteiger partial charge in [0.25, 0.3) is 0 Å². The van der Waals surface area contributed by atoms with E-state index in [1.54, 1.807) is 0 Å². The number of ketones is 1. The molecule has 3 nitrogen and oxygen atoms in total. The van der Waals surface area contributed by atoms with Crippen LogP contribution in [-0.4, -0.2) is 24.1 Å². The number of benzene rings is 1. The van der Waals surface area contributed by atoms with Gasteiger partial charge < -0.3 is 4.90 Å². The molecule has 0 bridgehead atoms. The molecule has 1 aliphatic heterocycles. The number of rotatable bonds is 5. The van der Waals surface area contributed by atoms with Crippen LogP contribution in [0.4, 0.5) is 5.69 Å². The van der Waals surface area contributed by atoms with Crippen LogP contribution < -0.4 is 4.90 Å². The van der Waals surface area contributed by atoms with Crippen molar-refractivity contribution in [1.82, 2.24) is 0 Å². The summed E-state index contributed by atoms with van der Waals surface area (Å²) in [5.41, 5.74) is 2.89. The number of nitrogens with zero attached hydrogens (tertiary/aromatic N) is 1. The molecule has 1 amide bonds. The molecule has 0 saturated heterocycles. The van der Waals surface area contributed by atoms with E-state index in [4.69, 9.17) is 11.6 Å². The van der Waals surface area contributed by atoms with E-state index in [1.807, 2.05) is 23.1 Å². The smallest absolute Gasteiger partial charge is 0.230 e. The molecule has 3 rings (SSSR count). The van der Waals surface area contributed by atoms with E-state index in [-0.39, 0.29) is 17.6 Å². The van der Waals surface area contributed by atoms with Gasteiger partial charge in [0.1, 0.15) is 0 Å². The van der Waals surface area contributed by atoms with Gasteiger partial charge in [-0.3, -0.25) is 9.59 Å². The van der Waals surface area contributed by atoms with Gasteiger partial charge in [0.05, 0.1) is 0 Å². The van der Waals surface area contributed by atoms with E-state index in [9.17, 15) is 9.59 Å². The van der Waals surface area contributed by atoms with Crippen molar-refractivity contribution in [3.63, 3.8) is 0 Å². The third-order valence-electron chi connectivity index (χ3n) is 4.25. The lowest BCUT2D eigenvalue weighted by atomic mass is 9.96. The van der Waals surface area contributed by atoms with Crippen molar-refractivity contribution >= 4 is 29.0 Å². The molecule has 0 radical (unpaired) electrons. The molecule has 2 aliphatic rings. The first-order valence-electron chi connectivity index (χ1n) is 7.74. The molecule has 0 atom stereocenters. The molecule has 0 aromatic heterocycles. The normalized spacial score (nSPS) is 17.5. The summed E-state index contributed by atoms with van der Waals surface area (Å²) in [6, 6.07) is 5.77. The topological polar surface area (TPSA) is 37.4 Å². The minimum absolute atomic E-state index is 0.143. The molecule has 1 aliphatic carbocycles. The van der Waals surface area contributed by atoms with Crippen molar-refractivity contribution in [2.24, 2.45) is 5.92 Å². The maximum absolute atomic E-state index is 12.3. The van der Waals surface area contributed by atoms with Crippen LogP contribution >= 0.6 is 11.6 Å². The molecular formula is C17H20ClNO2. The van der Waals surface area contributed by atoms with E-state index in [2.05, 4.69) is 0 Å². The molecule has 21 heavy (non-hydrogen) atoms. The van der Waals surface area contributed by atoms with Crippen molar-refractivity contribution in [2.45, 2.75) is 38.5 Å². The average Bonchev–Trinajstić information content (AvgIpc) is 3.35. The Morgan fingerprint density at radius 2 is 2.10 bits per heavy atom. The summed E-state index contributed by atoms with van der Waals surface area (Å²) in [6.07, 6.45) is 5.18. The highest BCUT2D eigenvalue weighted by Gasteiger charge is 2.35. The molecule has 1 fully saturated rings. The van der Waals surface area contributed by atoms with Gasteiger partial charge in [0.15, 0.2) is 5.78 Å². The van der Waals surface area contributed by atoms with Crippen molar-refractivity contribution in [2.75, 3.05) is 17.3 Å². The Morgan fingerprint density at radius 3 is 2.81 bits per heavy atom. The van der Waals surface area contributed by atoms with Gasteiger partial charge in [-0.1, -0.05) is 0 Å². The third kappa shape index (κ3) is 3.13. The number of hydrogen-bond donors (Lipinski definition) is 0. The number of carbonyl (C=O) groups excluding carboxylic acids is 2. The van der Waals surface area contributed by atoms with Crippen LogP contribution in [0.5, 0.6) is 0 Å². The number of Topliss-reactive ketones (excluding diaryl/α,β-unsaturated/α-hetero) is 1. The predicted molar refractivity (Wildman–Crippen MR) is 84.1 cm³/mol. The third-order valence-corrected chi connectivity index (χ3v) is 4.52. The molecule has 1 aromatic rings. The Kier molecular flexibility index (Phi) is 4.29. The zero-order valence-electron chi connectivity index (χ0n) is 12.1. The number of halogens is 1. The number of alkyl halides is 1. The maximum atomic E-state index is 12.3. The van der Waals surface area contributed by atoms with E-state index >= 15 is 0 Å². The standard InChI is InChI=1S/C17H20ClNO2/c18-9-1-4-16(20)14-7-8-15-13(11-14)3-2-10-19(15)17(21)12-5-6-12/h7-8,11-12H,1-6,9-10H2. The Bertz CT molecular complexity index is 566. The fourth-order valence-corrected chi connectivity index (χ4v) is 3.06. The lowest BCUT2D eigenvalue weighted by Gasteiger charge is -2.30. The monoisotopic (exact) mass is 305 g/mol. The minimum Gasteiger partial charge on any atom is -0.312 e. The van der Waals surface area contributed by atoms with Gasteiger partial charge in [-0.15, -0.1) is 11.6 Å². The van der Waals surface area contributed by atoms with Gasteiger partial charge in [-0.25, -0.2) is 0 Å². The van der Waals surface area contributed by atoms with E-state index in [0.29, 0.717) is 18.7 Å². The maximum Gasteiger partial charge on any atom is 0.230 e. The van der Waals surface area contributed by atoms with Crippen LogP contribution in [0.15, 0.2) is 18.2 Å². The Balaban J connectivity index is 1.81. The van der Waals surface area contributed by atoms with Crippen LogP contribution in [0.25, 0.3) is 0 Å². The number of amides is 1. The lowest BCUT2D eigenvalue weighted by molar-refractivity contribution is -0.119. The molecular weight excluding hydrogens is 286 g/mol. The first-order valence-corrected chi connectivity index (χ1v) is 8.27. The fourth-order valence-electron chi connectivity index (χ4n) is 2.92. The SMILES string of the molecule is O=C(CCCCl)c1ccc2c(c1)CCCN2C(=O)C1CC1. The van der Waals surface area contributed by atoms with Gasteiger partial charge in [0, 0.05) is 36.0 Å². The van der Waals surface area contributed by atoms with Gasteiger partial charge in [-0.05, 0) is 55.9 Å². The highest BCUT2D eigenvalue weighted by Crippen LogP contribution is 2.36. The molecule has 1 aromatic carbocycles. The first kappa shape index (κ1) is 14.6. The minimum atomic E-state index is 0.143. The summed E-state index contributed by atoms with van der Waals surface area (Å²) in [7, 11) is 0. The molecule has 0 spiro atoms. The van der Waals surface area contributed by atoms with Crippen LogP contribution in [0.3, 0.4) is 0 Å². The molecule has 0 N–H and O–H groups in total. The fraction of sp³-hybridized carbons (Fsp3) is 0.529. The molecule has 1 heterocycles. The van der Waals surface area contributed by atoms with Crippen LogP contribution in [0.2, 0.25) is 0 Å². The van der Waals surface area contributed by atoms with E-state index < -0.39 is 0 Å². The van der Waals surface area contributed by atoms with Crippen molar-refractivity contribution in [3.05, 3.63) is 29.3 Å². The molecule has 4 heteroatoms. The summed E-state index contributed by atoms with van der Waals surface area (Å²) >= 11 is 5.64. The van der Waals surface area contributed by atoms with Gasteiger partial charge >= 0.3 is 0 Å². The van der Waals surface area contributed by atoms with Gasteiger partial charge in [0.2, 0.25) is 5.91 Å². The number of aryl methyl sites for hydroxylation is 1. The molecule has 112 valence electrons. The second-order valence-corrected chi connectivity index (χ2v) is 6.30. The summed E-state index contributed by atoms with van der Waals surface area (Å²) in [5.74, 6) is 1.16. The zero-order valence-corrected chi connectivity index (χ0v) is 12.9. The Hall–Kier alpha value is -1.35. The van der Waals surface area contributed by atoms with Crippen molar-refractivity contribution in [1.29, 1.82) is 0 Å². The van der Waals surface area contributed by atoms with Crippen molar-refractivity contribution < 1.29 is 9.59 Å².